The van der Waals surface area contributed by atoms with Gasteiger partial charge in [-0.1, -0.05) is 0 Å². The fourth-order valence-corrected chi connectivity index (χ4v) is 1.24. The number of amides is 1. The summed E-state index contributed by atoms with van der Waals surface area (Å²) in [6, 6.07) is 1.71. The van der Waals surface area contributed by atoms with Crippen molar-refractivity contribution >= 4 is 5.91 Å². The Balaban J connectivity index is 2.22. The highest BCUT2D eigenvalue weighted by atomic mass is 16.2. The highest BCUT2D eigenvalue weighted by molar-refractivity contribution is 5.94. The summed E-state index contributed by atoms with van der Waals surface area (Å²) >= 11 is 0. The van der Waals surface area contributed by atoms with Crippen molar-refractivity contribution in [3.8, 4) is 0 Å². The van der Waals surface area contributed by atoms with Crippen LogP contribution < -0.4 is 10.7 Å². The third-order valence-corrected chi connectivity index (χ3v) is 2.21. The van der Waals surface area contributed by atoms with Crippen molar-refractivity contribution in [2.24, 2.45) is 0 Å². The number of aromatic nitrogens is 1. The number of H-pyrrole nitrogens is 1. The second-order valence-electron chi connectivity index (χ2n) is 3.64. The van der Waals surface area contributed by atoms with Gasteiger partial charge < -0.3 is 10.3 Å². The normalized spacial score (nSPS) is 15.2. The average Bonchev–Trinajstić information content (AvgIpc) is 2.87. The number of hydrogen-bond donors (Lipinski definition) is 2. The lowest BCUT2D eigenvalue weighted by atomic mass is 10.2. The Morgan fingerprint density at radius 1 is 1.57 bits per heavy atom. The van der Waals surface area contributed by atoms with E-state index in [1.807, 2.05) is 0 Å². The van der Waals surface area contributed by atoms with E-state index in [9.17, 15) is 9.59 Å². The van der Waals surface area contributed by atoms with Crippen LogP contribution in [0.15, 0.2) is 17.1 Å². The van der Waals surface area contributed by atoms with Crippen LogP contribution in [0, 0.1) is 6.92 Å². The molecule has 1 aromatic rings. The first-order chi connectivity index (χ1) is 6.66. The van der Waals surface area contributed by atoms with Crippen LogP contribution in [0.3, 0.4) is 0 Å². The Morgan fingerprint density at radius 2 is 2.29 bits per heavy atom. The first kappa shape index (κ1) is 8.99. The van der Waals surface area contributed by atoms with Crippen molar-refractivity contribution < 1.29 is 4.79 Å². The Labute approximate surface area is 81.3 Å². The lowest BCUT2D eigenvalue weighted by molar-refractivity contribution is 0.0949. The van der Waals surface area contributed by atoms with Crippen LogP contribution >= 0.6 is 0 Å². The molecule has 0 saturated heterocycles. The molecule has 1 aromatic heterocycles. The molecule has 1 aliphatic carbocycles. The number of pyridine rings is 1. The fraction of sp³-hybridized carbons (Fsp3) is 0.400. The van der Waals surface area contributed by atoms with E-state index < -0.39 is 0 Å². The predicted octanol–water partition coefficient (Wildman–Crippen LogP) is 0.576. The summed E-state index contributed by atoms with van der Waals surface area (Å²) in [6.45, 7) is 1.78. The zero-order valence-electron chi connectivity index (χ0n) is 7.96. The van der Waals surface area contributed by atoms with Crippen LogP contribution in [0.2, 0.25) is 0 Å². The summed E-state index contributed by atoms with van der Waals surface area (Å²) in [6.07, 6.45) is 3.51. The van der Waals surface area contributed by atoms with Gasteiger partial charge in [-0.25, -0.2) is 0 Å². The molecule has 0 spiro atoms. The zero-order chi connectivity index (χ0) is 10.1. The molecular weight excluding hydrogens is 180 g/mol. The molecule has 1 fully saturated rings. The molecule has 0 unspecified atom stereocenters. The average molecular weight is 192 g/mol. The zero-order valence-corrected chi connectivity index (χ0v) is 7.96. The van der Waals surface area contributed by atoms with E-state index in [-0.39, 0.29) is 22.9 Å². The monoisotopic (exact) mass is 192 g/mol. The largest absolute Gasteiger partial charge is 0.364 e. The van der Waals surface area contributed by atoms with Crippen molar-refractivity contribution in [1.82, 2.24) is 10.3 Å². The number of aromatic amines is 1. The first-order valence-electron chi connectivity index (χ1n) is 4.67. The van der Waals surface area contributed by atoms with Gasteiger partial charge in [-0.2, -0.15) is 0 Å². The standard InChI is InChI=1S/C10H12N2O2/c1-6-4-9(13)8(5-11-6)10(14)12-7-2-3-7/h4-5,7H,2-3H2,1H3,(H,11,13)(H,12,14). The second kappa shape index (κ2) is 3.29. The molecule has 1 saturated carbocycles. The molecule has 0 radical (unpaired) electrons. The minimum Gasteiger partial charge on any atom is -0.364 e. The van der Waals surface area contributed by atoms with E-state index in [1.165, 1.54) is 12.3 Å². The molecule has 1 aliphatic rings. The summed E-state index contributed by atoms with van der Waals surface area (Å²) in [4.78, 5) is 25.8. The maximum atomic E-state index is 11.5. The van der Waals surface area contributed by atoms with Gasteiger partial charge in [0.05, 0.1) is 0 Å². The number of nitrogens with one attached hydrogen (secondary N) is 2. The molecule has 1 amide bonds. The first-order valence-corrected chi connectivity index (χ1v) is 4.67. The lowest BCUT2D eigenvalue weighted by Crippen LogP contribution is -2.30. The lowest BCUT2D eigenvalue weighted by Gasteiger charge is -2.02. The highest BCUT2D eigenvalue weighted by Crippen LogP contribution is 2.18. The third-order valence-electron chi connectivity index (χ3n) is 2.21. The van der Waals surface area contributed by atoms with Crippen LogP contribution in [0.4, 0.5) is 0 Å². The van der Waals surface area contributed by atoms with Gasteiger partial charge >= 0.3 is 0 Å². The minimum absolute atomic E-state index is 0.197. The van der Waals surface area contributed by atoms with Crippen molar-refractivity contribution in [1.29, 1.82) is 0 Å². The second-order valence-corrected chi connectivity index (χ2v) is 3.64. The molecule has 2 rings (SSSR count). The Bertz CT molecular complexity index is 418. The third kappa shape index (κ3) is 1.84. The SMILES string of the molecule is Cc1cc(=O)c(C(=O)NC2CC2)c[nH]1. The smallest absolute Gasteiger partial charge is 0.256 e. The molecule has 74 valence electrons. The molecule has 0 aliphatic heterocycles. The van der Waals surface area contributed by atoms with Crippen LogP contribution in [-0.4, -0.2) is 16.9 Å². The summed E-state index contributed by atoms with van der Waals surface area (Å²) in [5, 5.41) is 2.77. The van der Waals surface area contributed by atoms with Crippen LogP contribution in [0.25, 0.3) is 0 Å². The molecule has 4 heteroatoms. The van der Waals surface area contributed by atoms with E-state index in [0.29, 0.717) is 0 Å². The van der Waals surface area contributed by atoms with E-state index in [1.54, 1.807) is 6.92 Å². The van der Waals surface area contributed by atoms with Gasteiger partial charge in [-0.05, 0) is 19.8 Å². The van der Waals surface area contributed by atoms with E-state index in [4.69, 9.17) is 0 Å². The fourth-order valence-electron chi connectivity index (χ4n) is 1.24. The molecule has 4 nitrogen and oxygen atoms in total. The number of hydrogen-bond acceptors (Lipinski definition) is 2. The molecular formula is C10H12N2O2. The van der Waals surface area contributed by atoms with Crippen LogP contribution in [-0.2, 0) is 0 Å². The summed E-state index contributed by atoms with van der Waals surface area (Å²) in [5.74, 6) is -0.270. The van der Waals surface area contributed by atoms with Gasteiger partial charge in [-0.15, -0.1) is 0 Å². The van der Waals surface area contributed by atoms with Gasteiger partial charge in [0.25, 0.3) is 5.91 Å². The van der Waals surface area contributed by atoms with Crippen molar-refractivity contribution in [3.05, 3.63) is 33.7 Å². The minimum atomic E-state index is -0.270. The molecule has 2 N–H and O–H groups in total. The van der Waals surface area contributed by atoms with Gasteiger partial charge in [0.1, 0.15) is 5.56 Å². The molecule has 0 atom stereocenters. The molecule has 1 heterocycles. The van der Waals surface area contributed by atoms with Crippen molar-refractivity contribution in [2.45, 2.75) is 25.8 Å². The number of aryl methyl sites for hydroxylation is 1. The van der Waals surface area contributed by atoms with Gasteiger partial charge in [0.15, 0.2) is 5.43 Å². The van der Waals surface area contributed by atoms with E-state index in [2.05, 4.69) is 10.3 Å². The topological polar surface area (TPSA) is 62.0 Å². The summed E-state index contributed by atoms with van der Waals surface area (Å²) < 4.78 is 0. The number of carbonyl (C=O) groups is 1. The molecule has 0 aromatic carbocycles. The van der Waals surface area contributed by atoms with Gasteiger partial charge in [0, 0.05) is 24.0 Å². The molecule has 14 heavy (non-hydrogen) atoms. The van der Waals surface area contributed by atoms with E-state index >= 15 is 0 Å². The van der Waals surface area contributed by atoms with Gasteiger partial charge in [-0.3, -0.25) is 9.59 Å². The maximum Gasteiger partial charge on any atom is 0.256 e. The summed E-state index contributed by atoms with van der Waals surface area (Å²) in [7, 11) is 0. The van der Waals surface area contributed by atoms with E-state index in [0.717, 1.165) is 18.5 Å². The maximum absolute atomic E-state index is 11.5. The summed E-state index contributed by atoms with van der Waals surface area (Å²) in [5.41, 5.74) is 0.736. The number of rotatable bonds is 2. The van der Waals surface area contributed by atoms with Crippen molar-refractivity contribution in [3.63, 3.8) is 0 Å². The Kier molecular flexibility index (Phi) is 2.11. The van der Waals surface area contributed by atoms with Crippen LogP contribution in [0.5, 0.6) is 0 Å². The van der Waals surface area contributed by atoms with Crippen LogP contribution in [0.1, 0.15) is 28.9 Å². The number of carbonyl (C=O) groups excluding carboxylic acids is 1. The van der Waals surface area contributed by atoms with Crippen molar-refractivity contribution in [2.75, 3.05) is 0 Å². The predicted molar refractivity (Wildman–Crippen MR) is 52.3 cm³/mol. The Morgan fingerprint density at radius 3 is 2.86 bits per heavy atom. The molecule has 0 bridgehead atoms. The quantitative estimate of drug-likeness (QED) is 0.719. The van der Waals surface area contributed by atoms with Gasteiger partial charge in [0.2, 0.25) is 0 Å². The Hall–Kier alpha value is -1.58. The highest BCUT2D eigenvalue weighted by Gasteiger charge is 2.24.